The Morgan fingerprint density at radius 3 is 2.41 bits per heavy atom. The summed E-state index contributed by atoms with van der Waals surface area (Å²) in [6.07, 6.45) is 1.01. The molecule has 1 unspecified atom stereocenters. The SMILES string of the molecule is OC(Cc1ccc(Cl)cc1)Cc1ccc(Br)s1. The van der Waals surface area contributed by atoms with Gasteiger partial charge in [0.25, 0.3) is 0 Å². The number of benzene rings is 1. The molecule has 0 saturated carbocycles. The fourth-order valence-corrected chi connectivity index (χ4v) is 3.34. The number of hydrogen-bond donors (Lipinski definition) is 1. The zero-order valence-corrected chi connectivity index (χ0v) is 12.2. The van der Waals surface area contributed by atoms with Crippen LogP contribution >= 0.6 is 38.9 Å². The van der Waals surface area contributed by atoms with Crippen molar-refractivity contribution in [3.8, 4) is 0 Å². The van der Waals surface area contributed by atoms with Gasteiger partial charge in [-0.05, 0) is 52.2 Å². The highest BCUT2D eigenvalue weighted by Gasteiger charge is 2.08. The van der Waals surface area contributed by atoms with E-state index in [1.807, 2.05) is 36.4 Å². The first-order valence-corrected chi connectivity index (χ1v) is 7.29. The molecule has 17 heavy (non-hydrogen) atoms. The Hall–Kier alpha value is -0.350. The van der Waals surface area contributed by atoms with Crippen LogP contribution in [0.3, 0.4) is 0 Å². The maximum absolute atomic E-state index is 9.99. The third kappa shape index (κ3) is 4.11. The Morgan fingerprint density at radius 2 is 1.82 bits per heavy atom. The van der Waals surface area contributed by atoms with Crippen molar-refractivity contribution in [1.29, 1.82) is 0 Å². The first-order valence-electron chi connectivity index (χ1n) is 5.30. The van der Waals surface area contributed by atoms with E-state index >= 15 is 0 Å². The Bertz CT molecular complexity index is 480. The van der Waals surface area contributed by atoms with Crippen LogP contribution in [0.4, 0.5) is 0 Å². The van der Waals surface area contributed by atoms with Gasteiger partial charge in [-0.3, -0.25) is 0 Å². The quantitative estimate of drug-likeness (QED) is 0.885. The maximum Gasteiger partial charge on any atom is 0.0701 e. The molecule has 0 fully saturated rings. The van der Waals surface area contributed by atoms with Crippen molar-refractivity contribution in [1.82, 2.24) is 0 Å². The fraction of sp³-hybridized carbons (Fsp3) is 0.231. The van der Waals surface area contributed by atoms with Crippen LogP contribution in [0.5, 0.6) is 0 Å². The van der Waals surface area contributed by atoms with Gasteiger partial charge < -0.3 is 5.11 Å². The molecular weight excluding hydrogens is 320 g/mol. The van der Waals surface area contributed by atoms with E-state index in [4.69, 9.17) is 11.6 Å². The van der Waals surface area contributed by atoms with E-state index in [0.29, 0.717) is 12.8 Å². The third-order valence-corrected chi connectivity index (χ3v) is 4.35. The summed E-state index contributed by atoms with van der Waals surface area (Å²) in [5.41, 5.74) is 1.11. The van der Waals surface area contributed by atoms with Gasteiger partial charge in [0, 0.05) is 16.3 Å². The molecule has 0 spiro atoms. The molecule has 1 nitrogen and oxygen atoms in total. The molecule has 1 N–H and O–H groups in total. The summed E-state index contributed by atoms with van der Waals surface area (Å²) in [6, 6.07) is 11.7. The molecule has 1 heterocycles. The lowest BCUT2D eigenvalue weighted by Gasteiger charge is -2.09. The molecule has 2 rings (SSSR count). The first kappa shape index (κ1) is 13.1. The minimum absolute atomic E-state index is 0.346. The van der Waals surface area contributed by atoms with Crippen molar-refractivity contribution in [3.63, 3.8) is 0 Å². The normalized spacial score (nSPS) is 12.6. The summed E-state index contributed by atoms with van der Waals surface area (Å²) in [4.78, 5) is 1.19. The minimum atomic E-state index is -0.346. The van der Waals surface area contributed by atoms with Crippen LogP contribution in [0.25, 0.3) is 0 Å². The van der Waals surface area contributed by atoms with Crippen molar-refractivity contribution >= 4 is 38.9 Å². The first-order chi connectivity index (χ1) is 8.13. The summed E-state index contributed by atoms with van der Waals surface area (Å²) in [5, 5.41) is 10.7. The van der Waals surface area contributed by atoms with E-state index in [9.17, 15) is 5.11 Å². The average molecular weight is 332 g/mol. The number of thiophene rings is 1. The second-order valence-electron chi connectivity index (χ2n) is 3.89. The van der Waals surface area contributed by atoms with E-state index in [2.05, 4.69) is 15.9 Å². The Kier molecular flexibility index (Phi) is 4.62. The van der Waals surface area contributed by atoms with E-state index < -0.39 is 0 Å². The Balaban J connectivity index is 1.93. The van der Waals surface area contributed by atoms with Crippen molar-refractivity contribution in [2.75, 3.05) is 0 Å². The highest BCUT2D eigenvalue weighted by molar-refractivity contribution is 9.11. The average Bonchev–Trinajstić information content (AvgIpc) is 2.67. The minimum Gasteiger partial charge on any atom is -0.392 e. The van der Waals surface area contributed by atoms with Crippen LogP contribution in [-0.4, -0.2) is 11.2 Å². The molecule has 1 aromatic carbocycles. The predicted molar refractivity (Wildman–Crippen MR) is 76.9 cm³/mol. The summed E-state index contributed by atoms with van der Waals surface area (Å²) in [6.45, 7) is 0. The van der Waals surface area contributed by atoms with Gasteiger partial charge in [0.2, 0.25) is 0 Å². The molecule has 4 heteroatoms. The summed E-state index contributed by atoms with van der Waals surface area (Å²) < 4.78 is 1.10. The van der Waals surface area contributed by atoms with Crippen LogP contribution in [0.2, 0.25) is 5.02 Å². The molecule has 90 valence electrons. The lowest BCUT2D eigenvalue weighted by molar-refractivity contribution is 0.176. The van der Waals surface area contributed by atoms with Crippen molar-refractivity contribution in [3.05, 3.63) is 55.6 Å². The fourth-order valence-electron chi connectivity index (χ4n) is 1.66. The van der Waals surface area contributed by atoms with Crippen LogP contribution < -0.4 is 0 Å². The van der Waals surface area contributed by atoms with E-state index in [1.54, 1.807) is 11.3 Å². The molecule has 0 aliphatic carbocycles. The van der Waals surface area contributed by atoms with Gasteiger partial charge in [0.1, 0.15) is 0 Å². The Labute approximate surface area is 118 Å². The zero-order chi connectivity index (χ0) is 12.3. The lowest BCUT2D eigenvalue weighted by Crippen LogP contribution is -2.12. The van der Waals surface area contributed by atoms with Crippen molar-refractivity contribution in [2.24, 2.45) is 0 Å². The lowest BCUT2D eigenvalue weighted by atomic mass is 10.1. The maximum atomic E-state index is 9.99. The topological polar surface area (TPSA) is 20.2 Å². The van der Waals surface area contributed by atoms with E-state index in [0.717, 1.165) is 14.4 Å². The van der Waals surface area contributed by atoms with Gasteiger partial charge in [-0.1, -0.05) is 23.7 Å². The standard InChI is InChI=1S/C13H12BrClOS/c14-13-6-5-12(17-13)8-11(16)7-9-1-3-10(15)4-2-9/h1-6,11,16H,7-8H2. The van der Waals surface area contributed by atoms with Crippen LogP contribution in [-0.2, 0) is 12.8 Å². The van der Waals surface area contributed by atoms with Crippen LogP contribution in [0.1, 0.15) is 10.4 Å². The largest absolute Gasteiger partial charge is 0.392 e. The monoisotopic (exact) mass is 330 g/mol. The molecule has 1 atom stereocenters. The molecule has 0 amide bonds. The molecule has 0 aliphatic rings. The second-order valence-corrected chi connectivity index (χ2v) is 6.88. The molecule has 0 saturated heterocycles. The van der Waals surface area contributed by atoms with Gasteiger partial charge >= 0.3 is 0 Å². The van der Waals surface area contributed by atoms with Crippen LogP contribution in [0.15, 0.2) is 40.2 Å². The predicted octanol–water partition coefficient (Wildman–Crippen LogP) is 4.31. The van der Waals surface area contributed by atoms with E-state index in [-0.39, 0.29) is 6.10 Å². The molecule has 0 aliphatic heterocycles. The summed E-state index contributed by atoms with van der Waals surface area (Å²) >= 11 is 10.9. The second kappa shape index (κ2) is 6.01. The van der Waals surface area contributed by atoms with Gasteiger partial charge in [-0.25, -0.2) is 0 Å². The van der Waals surface area contributed by atoms with Gasteiger partial charge in [0.15, 0.2) is 0 Å². The highest BCUT2D eigenvalue weighted by atomic mass is 79.9. The number of hydrogen-bond acceptors (Lipinski definition) is 2. The molecular formula is C13H12BrClOS. The summed E-state index contributed by atoms with van der Waals surface area (Å²) in [5.74, 6) is 0. The summed E-state index contributed by atoms with van der Waals surface area (Å²) in [7, 11) is 0. The number of halogens is 2. The van der Waals surface area contributed by atoms with Gasteiger partial charge in [-0.15, -0.1) is 11.3 Å². The molecule has 1 aromatic heterocycles. The van der Waals surface area contributed by atoms with Gasteiger partial charge in [-0.2, -0.15) is 0 Å². The molecule has 2 aromatic rings. The van der Waals surface area contributed by atoms with E-state index in [1.165, 1.54) is 4.88 Å². The Morgan fingerprint density at radius 1 is 1.12 bits per heavy atom. The number of aliphatic hydroxyl groups excluding tert-OH is 1. The third-order valence-electron chi connectivity index (χ3n) is 2.45. The molecule has 0 radical (unpaired) electrons. The van der Waals surface area contributed by atoms with Gasteiger partial charge in [0.05, 0.1) is 9.89 Å². The number of rotatable bonds is 4. The van der Waals surface area contributed by atoms with Crippen molar-refractivity contribution < 1.29 is 5.11 Å². The molecule has 0 bridgehead atoms. The zero-order valence-electron chi connectivity index (χ0n) is 9.07. The van der Waals surface area contributed by atoms with Crippen LogP contribution in [0, 0.1) is 0 Å². The van der Waals surface area contributed by atoms with Crippen molar-refractivity contribution in [2.45, 2.75) is 18.9 Å². The highest BCUT2D eigenvalue weighted by Crippen LogP contribution is 2.23. The number of aliphatic hydroxyl groups is 1. The smallest absolute Gasteiger partial charge is 0.0701 e.